The molecular formula is C31H34F2N6O2. The van der Waals surface area contributed by atoms with Crippen molar-refractivity contribution >= 4 is 16.7 Å². The Morgan fingerprint density at radius 2 is 2.00 bits per heavy atom. The highest BCUT2D eigenvalue weighted by molar-refractivity contribution is 5.92. The molecule has 5 fully saturated rings. The van der Waals surface area contributed by atoms with Gasteiger partial charge in [0.25, 0.3) is 0 Å². The molecule has 4 saturated heterocycles. The number of hydrogen-bond acceptors (Lipinski definition) is 8. The summed E-state index contributed by atoms with van der Waals surface area (Å²) in [5, 5.41) is 14.7. The minimum Gasteiger partial charge on any atom is -0.508 e. The van der Waals surface area contributed by atoms with Crippen LogP contribution in [0.15, 0.2) is 18.3 Å². The van der Waals surface area contributed by atoms with Crippen LogP contribution in [0.5, 0.6) is 11.8 Å². The van der Waals surface area contributed by atoms with Gasteiger partial charge in [-0.25, -0.2) is 8.78 Å². The molecule has 1 saturated carbocycles. The highest BCUT2D eigenvalue weighted by atomic mass is 19.1. The summed E-state index contributed by atoms with van der Waals surface area (Å²) in [7, 11) is 0. The molecule has 6 heterocycles. The molecule has 2 unspecified atom stereocenters. The second kappa shape index (κ2) is 8.70. The van der Waals surface area contributed by atoms with Gasteiger partial charge in [-0.05, 0) is 80.2 Å². The molecule has 9 rings (SSSR count). The van der Waals surface area contributed by atoms with E-state index in [1.807, 2.05) is 6.07 Å². The number of halogens is 2. The summed E-state index contributed by atoms with van der Waals surface area (Å²) in [6, 6.07) is 4.32. The third kappa shape index (κ3) is 3.79. The van der Waals surface area contributed by atoms with Gasteiger partial charge in [0.05, 0.1) is 10.9 Å². The number of aromatic hydroxyl groups is 1. The lowest BCUT2D eigenvalue weighted by atomic mass is 9.95. The summed E-state index contributed by atoms with van der Waals surface area (Å²) in [5.74, 6) is 1.25. The molecule has 2 aromatic heterocycles. The van der Waals surface area contributed by atoms with Gasteiger partial charge in [-0.15, -0.1) is 0 Å². The highest BCUT2D eigenvalue weighted by Gasteiger charge is 2.50. The van der Waals surface area contributed by atoms with E-state index < -0.39 is 12.0 Å². The van der Waals surface area contributed by atoms with E-state index in [0.717, 1.165) is 69.3 Å². The highest BCUT2D eigenvalue weighted by Crippen LogP contribution is 2.59. The predicted molar refractivity (Wildman–Crippen MR) is 150 cm³/mol. The number of ether oxygens (including phenoxy) is 1. The van der Waals surface area contributed by atoms with Crippen molar-refractivity contribution in [1.29, 1.82) is 0 Å². The van der Waals surface area contributed by atoms with Gasteiger partial charge in [0.2, 0.25) is 0 Å². The van der Waals surface area contributed by atoms with Crippen LogP contribution in [0.2, 0.25) is 0 Å². The van der Waals surface area contributed by atoms with Gasteiger partial charge in [0.1, 0.15) is 35.6 Å². The van der Waals surface area contributed by atoms with E-state index in [1.165, 1.54) is 0 Å². The number of anilines is 1. The first-order chi connectivity index (χ1) is 19.9. The van der Waals surface area contributed by atoms with Crippen molar-refractivity contribution < 1.29 is 18.6 Å². The molecule has 8 nitrogen and oxygen atoms in total. The Kier molecular flexibility index (Phi) is 5.20. The lowest BCUT2D eigenvalue weighted by Gasteiger charge is -2.34. The van der Waals surface area contributed by atoms with E-state index in [-0.39, 0.29) is 35.1 Å². The molecule has 214 valence electrons. The van der Waals surface area contributed by atoms with E-state index in [9.17, 15) is 9.50 Å². The Hall–Kier alpha value is -3.11. The number of phenolic OH excluding ortho intramolecular Hbond substituents is 1. The van der Waals surface area contributed by atoms with Crippen molar-refractivity contribution in [1.82, 2.24) is 25.2 Å². The van der Waals surface area contributed by atoms with E-state index in [2.05, 4.69) is 25.1 Å². The number of hydrogen-bond donors (Lipinski definition) is 2. The molecule has 6 aliphatic rings. The van der Waals surface area contributed by atoms with Crippen molar-refractivity contribution in [3.63, 3.8) is 0 Å². The van der Waals surface area contributed by atoms with Gasteiger partial charge in [0.15, 0.2) is 5.82 Å². The average Bonchev–Trinajstić information content (AvgIpc) is 3.19. The van der Waals surface area contributed by atoms with Gasteiger partial charge in [-0.2, -0.15) is 9.97 Å². The van der Waals surface area contributed by atoms with Crippen LogP contribution in [0.3, 0.4) is 0 Å². The van der Waals surface area contributed by atoms with Gasteiger partial charge < -0.3 is 20.1 Å². The number of piperazine rings is 1. The summed E-state index contributed by atoms with van der Waals surface area (Å²) in [6.45, 7) is 3.15. The molecule has 2 aliphatic carbocycles. The minimum atomic E-state index is -0.857. The fourth-order valence-corrected chi connectivity index (χ4v) is 8.74. The molecule has 4 aliphatic heterocycles. The Bertz CT molecular complexity index is 1570. The molecule has 6 atom stereocenters. The Morgan fingerprint density at radius 3 is 2.85 bits per heavy atom. The Balaban J connectivity index is 1.15. The van der Waals surface area contributed by atoms with Crippen molar-refractivity contribution in [3.8, 4) is 23.0 Å². The molecule has 41 heavy (non-hydrogen) atoms. The third-order valence-electron chi connectivity index (χ3n) is 10.7. The number of pyridine rings is 1. The number of nitrogens with one attached hydrogen (secondary N) is 1. The average molecular weight is 561 g/mol. The molecule has 0 amide bonds. The van der Waals surface area contributed by atoms with Crippen molar-refractivity contribution in [2.24, 2.45) is 5.92 Å². The number of fused-ring (bicyclic) bond motifs is 7. The zero-order valence-corrected chi connectivity index (χ0v) is 23.0. The van der Waals surface area contributed by atoms with E-state index >= 15 is 4.39 Å². The zero-order valence-electron chi connectivity index (χ0n) is 23.0. The van der Waals surface area contributed by atoms with Crippen LogP contribution < -0.4 is 15.0 Å². The summed E-state index contributed by atoms with van der Waals surface area (Å²) in [4.78, 5) is 18.6. The Labute approximate surface area is 237 Å². The molecular weight excluding hydrogens is 526 g/mol. The minimum absolute atomic E-state index is 0.126. The van der Waals surface area contributed by atoms with Crippen LogP contribution in [0.4, 0.5) is 14.6 Å². The molecule has 0 radical (unpaired) electrons. The SMILES string of the molecule is Oc1cc2c(c(-c3ncc4c(N5C[C@H]6CC[C@@H](C5)N6)nc(OC[C@@]56CCCN5C[C@H](F)C6)nc4c3F)c1)C1CC1C2. The molecule has 3 aromatic rings. The summed E-state index contributed by atoms with van der Waals surface area (Å²) in [5.41, 5.74) is 2.91. The number of rotatable bonds is 5. The van der Waals surface area contributed by atoms with Crippen molar-refractivity contribution in [2.45, 2.75) is 74.7 Å². The summed E-state index contributed by atoms with van der Waals surface area (Å²) >= 11 is 0. The molecule has 0 spiro atoms. The van der Waals surface area contributed by atoms with E-state index in [4.69, 9.17) is 9.72 Å². The maximum atomic E-state index is 16.6. The van der Waals surface area contributed by atoms with Gasteiger partial charge >= 0.3 is 6.01 Å². The standard InChI is InChI=1S/C31H34F2N6O2/c32-18-10-31(4-1-5-39(31)12-18)15-41-30-36-28-24(29(37-30)38-13-19-2-3-20(14-38)35-19)11-34-27(26(28)33)23-9-21(40)7-17-6-16-8-22(16)25(17)23/h7,9,11,16,18-20,22,35,40H,1-6,8,10,12-15H2/t16?,18-,19-,20+,22?,31+/m1/s1. The maximum Gasteiger partial charge on any atom is 0.319 e. The maximum absolute atomic E-state index is 16.6. The van der Waals surface area contributed by atoms with Gasteiger partial charge in [-0.3, -0.25) is 9.88 Å². The first kappa shape index (κ1) is 24.5. The van der Waals surface area contributed by atoms with Crippen LogP contribution in [0, 0.1) is 11.7 Å². The lowest BCUT2D eigenvalue weighted by Crippen LogP contribution is -2.51. The smallest absolute Gasteiger partial charge is 0.319 e. The van der Waals surface area contributed by atoms with E-state index in [1.54, 1.807) is 12.3 Å². The van der Waals surface area contributed by atoms with Gasteiger partial charge in [0, 0.05) is 49.9 Å². The van der Waals surface area contributed by atoms with Crippen molar-refractivity contribution in [2.75, 3.05) is 37.7 Å². The number of nitrogens with zero attached hydrogens (tertiary/aromatic N) is 5. The second-order valence-corrected chi connectivity index (χ2v) is 13.3. The fourth-order valence-electron chi connectivity index (χ4n) is 8.74. The lowest BCUT2D eigenvalue weighted by molar-refractivity contribution is 0.107. The van der Waals surface area contributed by atoms with Crippen LogP contribution in [0.25, 0.3) is 22.2 Å². The zero-order chi connectivity index (χ0) is 27.5. The first-order valence-electron chi connectivity index (χ1n) is 15.2. The van der Waals surface area contributed by atoms with Crippen molar-refractivity contribution in [3.05, 3.63) is 35.3 Å². The molecule has 1 aromatic carbocycles. The normalized spacial score (nSPS) is 33.3. The fraction of sp³-hybridized carbons (Fsp3) is 0.581. The van der Waals surface area contributed by atoms with Crippen LogP contribution >= 0.6 is 0 Å². The number of alkyl halides is 1. The van der Waals surface area contributed by atoms with Crippen LogP contribution in [-0.2, 0) is 6.42 Å². The monoisotopic (exact) mass is 560 g/mol. The van der Waals surface area contributed by atoms with Crippen LogP contribution in [0.1, 0.15) is 55.6 Å². The van der Waals surface area contributed by atoms with E-state index in [0.29, 0.717) is 53.7 Å². The number of aromatic nitrogens is 3. The third-order valence-corrected chi connectivity index (χ3v) is 10.7. The topological polar surface area (TPSA) is 86.6 Å². The number of benzene rings is 1. The molecule has 10 heteroatoms. The largest absolute Gasteiger partial charge is 0.508 e. The van der Waals surface area contributed by atoms with Crippen LogP contribution in [-0.4, -0.2) is 81.5 Å². The Morgan fingerprint density at radius 1 is 1.15 bits per heavy atom. The molecule has 2 bridgehead atoms. The second-order valence-electron chi connectivity index (χ2n) is 13.3. The summed E-state index contributed by atoms with van der Waals surface area (Å²) in [6.07, 6.45) is 7.42. The molecule has 2 N–H and O–H groups in total. The van der Waals surface area contributed by atoms with Gasteiger partial charge in [-0.1, -0.05) is 0 Å². The summed E-state index contributed by atoms with van der Waals surface area (Å²) < 4.78 is 37.3. The predicted octanol–water partition coefficient (Wildman–Crippen LogP) is 4.09. The quantitative estimate of drug-likeness (QED) is 0.483. The number of phenols is 1. The first-order valence-corrected chi connectivity index (χ1v) is 15.2.